The molecule has 2 aromatic rings. The largest absolute Gasteiger partial charge is 0.326 e. The Morgan fingerprint density at radius 3 is 2.15 bits per heavy atom. The number of carbonyl (C=O) groups is 1. The lowest BCUT2D eigenvalue weighted by molar-refractivity contribution is -0.116. The van der Waals surface area contributed by atoms with Crippen LogP contribution in [0.3, 0.4) is 0 Å². The van der Waals surface area contributed by atoms with Crippen LogP contribution in [0.4, 0.5) is 15.8 Å². The van der Waals surface area contributed by atoms with Crippen LogP contribution in [-0.4, -0.2) is 27.1 Å². The average molecular weight is 392 g/mol. The van der Waals surface area contributed by atoms with E-state index in [1.54, 1.807) is 6.07 Å². The van der Waals surface area contributed by atoms with Gasteiger partial charge in [-0.15, -0.1) is 0 Å². The summed E-state index contributed by atoms with van der Waals surface area (Å²) in [5.41, 5.74) is 2.77. The van der Waals surface area contributed by atoms with E-state index in [9.17, 15) is 17.6 Å². The third kappa shape index (κ3) is 5.29. The molecule has 0 unspecified atom stereocenters. The number of anilines is 2. The summed E-state index contributed by atoms with van der Waals surface area (Å²) in [4.78, 5) is 12.5. The third-order valence-electron chi connectivity index (χ3n) is 4.33. The van der Waals surface area contributed by atoms with Crippen LogP contribution in [0.5, 0.6) is 0 Å². The van der Waals surface area contributed by atoms with Gasteiger partial charge in [0, 0.05) is 18.7 Å². The molecule has 0 heterocycles. The van der Waals surface area contributed by atoms with Gasteiger partial charge in [0.05, 0.1) is 11.9 Å². The summed E-state index contributed by atoms with van der Waals surface area (Å²) in [6.07, 6.45) is 2.46. The molecule has 2 aromatic carbocycles. The minimum Gasteiger partial charge on any atom is -0.326 e. The zero-order chi connectivity index (χ0) is 20.0. The van der Waals surface area contributed by atoms with Gasteiger partial charge in [0.15, 0.2) is 0 Å². The number of halogens is 1. The summed E-state index contributed by atoms with van der Waals surface area (Å²) in [5.74, 6) is -0.955. The predicted octanol–water partition coefficient (Wildman–Crippen LogP) is 3.75. The van der Waals surface area contributed by atoms with E-state index in [1.165, 1.54) is 18.2 Å². The third-order valence-corrected chi connectivity index (χ3v) is 5.51. The monoisotopic (exact) mass is 392 g/mol. The van der Waals surface area contributed by atoms with Crippen molar-refractivity contribution in [1.29, 1.82) is 0 Å². The van der Waals surface area contributed by atoms with Crippen LogP contribution >= 0.6 is 0 Å². The molecule has 0 bridgehead atoms. The quantitative estimate of drug-likeness (QED) is 0.744. The van der Waals surface area contributed by atoms with Gasteiger partial charge in [-0.3, -0.25) is 9.10 Å². The Hall–Kier alpha value is -2.41. The predicted molar refractivity (Wildman–Crippen MR) is 107 cm³/mol. The summed E-state index contributed by atoms with van der Waals surface area (Å²) in [7, 11) is -3.72. The molecule has 0 aliphatic rings. The minimum atomic E-state index is -3.72. The van der Waals surface area contributed by atoms with Crippen LogP contribution < -0.4 is 9.62 Å². The van der Waals surface area contributed by atoms with E-state index in [4.69, 9.17) is 0 Å². The van der Waals surface area contributed by atoms with Crippen molar-refractivity contribution in [2.24, 2.45) is 0 Å². The molecule has 0 saturated heterocycles. The smallest absolute Gasteiger partial charge is 0.232 e. The number of amides is 1. The van der Waals surface area contributed by atoms with Crippen molar-refractivity contribution in [2.45, 2.75) is 33.1 Å². The van der Waals surface area contributed by atoms with E-state index in [0.717, 1.165) is 40.2 Å². The Morgan fingerprint density at radius 2 is 1.63 bits per heavy atom. The number of rotatable bonds is 8. The van der Waals surface area contributed by atoms with Crippen molar-refractivity contribution in [2.75, 3.05) is 22.4 Å². The molecule has 0 fully saturated rings. The Kier molecular flexibility index (Phi) is 6.96. The summed E-state index contributed by atoms with van der Waals surface area (Å²) < 4.78 is 39.1. The molecule has 1 amide bonds. The molecule has 1 N–H and O–H groups in total. The van der Waals surface area contributed by atoms with Crippen molar-refractivity contribution < 1.29 is 17.6 Å². The molecule has 146 valence electrons. The first-order valence-electron chi connectivity index (χ1n) is 8.90. The number of nitrogens with one attached hydrogen (secondary N) is 1. The Labute approximate surface area is 160 Å². The normalized spacial score (nSPS) is 11.3. The molecular weight excluding hydrogens is 367 g/mol. The minimum absolute atomic E-state index is 0.0593. The molecule has 2 rings (SSSR count). The van der Waals surface area contributed by atoms with E-state index in [1.807, 2.05) is 32.0 Å². The maximum atomic E-state index is 14.0. The molecule has 0 aliphatic carbocycles. The Morgan fingerprint density at radius 1 is 1.04 bits per heavy atom. The lowest BCUT2D eigenvalue weighted by atomic mass is 10.0. The SMILES string of the molecule is CCc1cccc(CC)c1NC(=O)CCN(c1ccccc1F)S(C)(=O)=O. The number of para-hydroxylation sites is 2. The number of sulfonamides is 1. The van der Waals surface area contributed by atoms with E-state index in [0.29, 0.717) is 0 Å². The summed E-state index contributed by atoms with van der Waals surface area (Å²) in [6, 6.07) is 11.5. The molecule has 0 saturated carbocycles. The number of hydrogen-bond donors (Lipinski definition) is 1. The highest BCUT2D eigenvalue weighted by Gasteiger charge is 2.21. The van der Waals surface area contributed by atoms with Gasteiger partial charge in [-0.1, -0.05) is 44.2 Å². The average Bonchev–Trinajstić information content (AvgIpc) is 2.62. The van der Waals surface area contributed by atoms with Gasteiger partial charge < -0.3 is 5.32 Å². The molecule has 0 aliphatic heterocycles. The molecule has 0 aromatic heterocycles. The van der Waals surface area contributed by atoms with Gasteiger partial charge in [0.1, 0.15) is 5.82 Å². The molecule has 7 heteroatoms. The number of benzene rings is 2. The van der Waals surface area contributed by atoms with Crippen LogP contribution in [0.25, 0.3) is 0 Å². The maximum absolute atomic E-state index is 14.0. The fourth-order valence-corrected chi connectivity index (χ4v) is 3.86. The van der Waals surface area contributed by atoms with Crippen molar-refractivity contribution in [1.82, 2.24) is 0 Å². The zero-order valence-corrected chi connectivity index (χ0v) is 16.6. The highest BCUT2D eigenvalue weighted by atomic mass is 32.2. The zero-order valence-electron chi connectivity index (χ0n) is 15.8. The van der Waals surface area contributed by atoms with Crippen molar-refractivity contribution in [3.05, 3.63) is 59.4 Å². The van der Waals surface area contributed by atoms with Crippen molar-refractivity contribution in [3.8, 4) is 0 Å². The fraction of sp³-hybridized carbons (Fsp3) is 0.350. The van der Waals surface area contributed by atoms with Gasteiger partial charge >= 0.3 is 0 Å². The number of aryl methyl sites for hydroxylation is 2. The van der Waals surface area contributed by atoms with E-state index < -0.39 is 15.8 Å². The summed E-state index contributed by atoms with van der Waals surface area (Å²) in [5, 5.41) is 2.90. The lowest BCUT2D eigenvalue weighted by Crippen LogP contribution is -2.33. The van der Waals surface area contributed by atoms with Crippen molar-refractivity contribution in [3.63, 3.8) is 0 Å². The van der Waals surface area contributed by atoms with Gasteiger partial charge in [0.25, 0.3) is 0 Å². The first-order chi connectivity index (χ1) is 12.8. The van der Waals surface area contributed by atoms with E-state index >= 15 is 0 Å². The van der Waals surface area contributed by atoms with Crippen LogP contribution in [0.1, 0.15) is 31.4 Å². The first-order valence-corrected chi connectivity index (χ1v) is 10.8. The summed E-state index contributed by atoms with van der Waals surface area (Å²) in [6.45, 7) is 3.88. The maximum Gasteiger partial charge on any atom is 0.232 e. The van der Waals surface area contributed by atoms with Crippen LogP contribution in [0.2, 0.25) is 0 Å². The van der Waals surface area contributed by atoms with E-state index in [-0.39, 0.29) is 24.6 Å². The number of hydrogen-bond acceptors (Lipinski definition) is 3. The molecule has 27 heavy (non-hydrogen) atoms. The Bertz CT molecular complexity index is 891. The number of carbonyl (C=O) groups excluding carboxylic acids is 1. The highest BCUT2D eigenvalue weighted by molar-refractivity contribution is 7.92. The lowest BCUT2D eigenvalue weighted by Gasteiger charge is -2.23. The highest BCUT2D eigenvalue weighted by Crippen LogP contribution is 2.24. The van der Waals surface area contributed by atoms with Crippen LogP contribution in [-0.2, 0) is 27.7 Å². The van der Waals surface area contributed by atoms with E-state index in [2.05, 4.69) is 5.32 Å². The topological polar surface area (TPSA) is 66.5 Å². The summed E-state index contributed by atoms with van der Waals surface area (Å²) >= 11 is 0. The van der Waals surface area contributed by atoms with Gasteiger partial charge in [-0.25, -0.2) is 12.8 Å². The second kappa shape index (κ2) is 8.99. The van der Waals surface area contributed by atoms with Crippen LogP contribution in [0, 0.1) is 5.82 Å². The standard InChI is InChI=1S/C20H25FN2O3S/c1-4-15-9-8-10-16(5-2)20(15)22-19(24)13-14-23(27(3,25)26)18-12-7-6-11-17(18)21/h6-12H,4-5,13-14H2,1-3H3,(H,22,24). The molecular formula is C20H25FN2O3S. The van der Waals surface area contributed by atoms with Crippen LogP contribution in [0.15, 0.2) is 42.5 Å². The van der Waals surface area contributed by atoms with Crippen molar-refractivity contribution >= 4 is 27.3 Å². The van der Waals surface area contributed by atoms with Gasteiger partial charge in [0.2, 0.25) is 15.9 Å². The number of nitrogens with zero attached hydrogens (tertiary/aromatic N) is 1. The first kappa shape index (κ1) is 20.9. The molecule has 0 radical (unpaired) electrons. The van der Waals surface area contributed by atoms with Gasteiger partial charge in [-0.05, 0) is 36.1 Å². The second-order valence-electron chi connectivity index (χ2n) is 6.24. The molecule has 0 atom stereocenters. The Balaban J connectivity index is 2.17. The second-order valence-corrected chi connectivity index (χ2v) is 8.15. The fourth-order valence-electron chi connectivity index (χ4n) is 2.93. The van der Waals surface area contributed by atoms with Gasteiger partial charge in [-0.2, -0.15) is 0 Å². The molecule has 0 spiro atoms. The molecule has 5 nitrogen and oxygen atoms in total.